The number of carboxylic acid groups (broad SMARTS) is 1. The molecular weight excluding hydrogens is 326 g/mol. The van der Waals surface area contributed by atoms with Crippen molar-refractivity contribution >= 4 is 23.5 Å². The number of carbonyl (C=O) groups excluding carboxylic acids is 2. The third-order valence-electron chi connectivity index (χ3n) is 3.09. The van der Waals surface area contributed by atoms with Crippen LogP contribution in [-0.2, 0) is 9.59 Å². The average Bonchev–Trinajstić information content (AvgIpc) is 2.60. The first-order valence-electron chi connectivity index (χ1n) is 7.54. The van der Waals surface area contributed by atoms with E-state index in [9.17, 15) is 14.4 Å². The van der Waals surface area contributed by atoms with E-state index in [1.807, 2.05) is 0 Å². The van der Waals surface area contributed by atoms with Crippen molar-refractivity contribution in [2.24, 2.45) is 0 Å². The fourth-order valence-electron chi connectivity index (χ4n) is 1.89. The molecule has 25 heavy (non-hydrogen) atoms. The van der Waals surface area contributed by atoms with E-state index in [-0.39, 0.29) is 18.3 Å². The maximum absolute atomic E-state index is 12.2. The van der Waals surface area contributed by atoms with Crippen molar-refractivity contribution in [1.82, 2.24) is 0 Å². The maximum Gasteiger partial charge on any atom is 0.341 e. The normalized spacial score (nSPS) is 9.96. The number of carbonyl (C=O) groups is 3. The zero-order valence-corrected chi connectivity index (χ0v) is 13.5. The second-order valence-electron chi connectivity index (χ2n) is 5.02. The Morgan fingerprint density at radius 3 is 2.40 bits per heavy atom. The number of esters is 1. The van der Waals surface area contributed by atoms with Crippen molar-refractivity contribution in [2.45, 2.75) is 13.3 Å². The van der Waals surface area contributed by atoms with Crippen LogP contribution in [0.2, 0.25) is 0 Å². The highest BCUT2D eigenvalue weighted by Crippen LogP contribution is 2.19. The van der Waals surface area contributed by atoms with Gasteiger partial charge in [-0.25, -0.2) is 4.79 Å². The Morgan fingerprint density at radius 1 is 1.04 bits per heavy atom. The molecule has 7 nitrogen and oxygen atoms in total. The van der Waals surface area contributed by atoms with E-state index in [2.05, 4.69) is 5.32 Å². The van der Waals surface area contributed by atoms with Crippen molar-refractivity contribution in [3.63, 3.8) is 0 Å². The summed E-state index contributed by atoms with van der Waals surface area (Å²) in [6.07, 6.45) is 0.266. The fraction of sp³-hybridized carbons (Fsp3) is 0.167. The van der Waals surface area contributed by atoms with Crippen LogP contribution in [0.1, 0.15) is 23.7 Å². The number of amides is 1. The molecule has 0 aliphatic carbocycles. The van der Waals surface area contributed by atoms with Crippen molar-refractivity contribution in [2.75, 3.05) is 11.9 Å². The molecular formula is C18H17NO6. The van der Waals surface area contributed by atoms with Gasteiger partial charge in [0.25, 0.3) is 5.91 Å². The van der Waals surface area contributed by atoms with Crippen LogP contribution in [0.25, 0.3) is 0 Å². The van der Waals surface area contributed by atoms with Crippen LogP contribution in [0.3, 0.4) is 0 Å². The van der Waals surface area contributed by atoms with E-state index < -0.39 is 12.6 Å². The maximum atomic E-state index is 12.2. The highest BCUT2D eigenvalue weighted by Gasteiger charge is 2.08. The van der Waals surface area contributed by atoms with Gasteiger partial charge in [-0.1, -0.05) is 13.0 Å². The van der Waals surface area contributed by atoms with Gasteiger partial charge in [-0.05, 0) is 36.4 Å². The van der Waals surface area contributed by atoms with E-state index in [1.54, 1.807) is 37.3 Å². The molecule has 0 bridgehead atoms. The number of rotatable bonds is 7. The van der Waals surface area contributed by atoms with Gasteiger partial charge in [0.15, 0.2) is 6.61 Å². The highest BCUT2D eigenvalue weighted by atomic mass is 16.5. The van der Waals surface area contributed by atoms with Crippen LogP contribution in [-0.4, -0.2) is 29.6 Å². The summed E-state index contributed by atoms with van der Waals surface area (Å²) in [6, 6.07) is 12.6. The number of hydrogen-bond donors (Lipinski definition) is 2. The van der Waals surface area contributed by atoms with Crippen LogP contribution in [0.4, 0.5) is 5.69 Å². The van der Waals surface area contributed by atoms with Gasteiger partial charge in [0.2, 0.25) is 0 Å². The Balaban J connectivity index is 2.00. The first-order valence-corrected chi connectivity index (χ1v) is 7.54. The lowest BCUT2D eigenvalue weighted by Crippen LogP contribution is -2.13. The summed E-state index contributed by atoms with van der Waals surface area (Å²) in [4.78, 5) is 34.0. The lowest BCUT2D eigenvalue weighted by Gasteiger charge is -2.08. The van der Waals surface area contributed by atoms with Gasteiger partial charge in [0.05, 0.1) is 0 Å². The SMILES string of the molecule is CCC(=O)Oc1ccc(C(=O)Nc2cccc(OCC(=O)O)c2)cc1. The molecule has 130 valence electrons. The number of benzene rings is 2. The first-order chi connectivity index (χ1) is 12.0. The summed E-state index contributed by atoms with van der Waals surface area (Å²) in [7, 11) is 0. The van der Waals surface area contributed by atoms with Crippen LogP contribution >= 0.6 is 0 Å². The predicted octanol–water partition coefficient (Wildman–Crippen LogP) is 2.72. The van der Waals surface area contributed by atoms with Gasteiger partial charge in [-0.15, -0.1) is 0 Å². The molecule has 0 aliphatic heterocycles. The van der Waals surface area contributed by atoms with Crippen LogP contribution in [0.5, 0.6) is 11.5 Å². The van der Waals surface area contributed by atoms with Crippen LogP contribution in [0.15, 0.2) is 48.5 Å². The largest absolute Gasteiger partial charge is 0.482 e. The second kappa shape index (κ2) is 8.49. The minimum absolute atomic E-state index is 0.266. The van der Waals surface area contributed by atoms with Gasteiger partial charge in [0.1, 0.15) is 11.5 Å². The molecule has 0 aromatic heterocycles. The molecule has 0 radical (unpaired) electrons. The lowest BCUT2D eigenvalue weighted by atomic mass is 10.2. The number of carboxylic acids is 1. The van der Waals surface area contributed by atoms with Crippen LogP contribution in [0, 0.1) is 0 Å². The highest BCUT2D eigenvalue weighted by molar-refractivity contribution is 6.04. The summed E-state index contributed by atoms with van der Waals surface area (Å²) >= 11 is 0. The molecule has 0 heterocycles. The van der Waals surface area contributed by atoms with Crippen molar-refractivity contribution in [3.05, 3.63) is 54.1 Å². The van der Waals surface area contributed by atoms with Crippen LogP contribution < -0.4 is 14.8 Å². The Bertz CT molecular complexity index is 769. The summed E-state index contributed by atoms with van der Waals surface area (Å²) in [6.45, 7) is 1.23. The lowest BCUT2D eigenvalue weighted by molar-refractivity contribution is -0.139. The smallest absolute Gasteiger partial charge is 0.341 e. The molecule has 2 aromatic carbocycles. The number of aliphatic carboxylic acids is 1. The van der Waals surface area contributed by atoms with E-state index in [4.69, 9.17) is 14.6 Å². The first kappa shape index (κ1) is 18.0. The summed E-state index contributed by atoms with van der Waals surface area (Å²) in [5.74, 6) is -1.09. The average molecular weight is 343 g/mol. The number of ether oxygens (including phenoxy) is 2. The molecule has 0 atom stereocenters. The van der Waals surface area contributed by atoms with Gasteiger partial charge in [0, 0.05) is 23.7 Å². The third-order valence-corrected chi connectivity index (χ3v) is 3.09. The standard InChI is InChI=1S/C18H17NO6/c1-2-17(22)25-14-8-6-12(7-9-14)18(23)19-13-4-3-5-15(10-13)24-11-16(20)21/h3-10H,2,11H2,1H3,(H,19,23)(H,20,21). The Morgan fingerprint density at radius 2 is 1.76 bits per heavy atom. The monoisotopic (exact) mass is 343 g/mol. The molecule has 1 amide bonds. The Kier molecular flexibility index (Phi) is 6.11. The molecule has 0 saturated carbocycles. The molecule has 0 saturated heterocycles. The van der Waals surface area contributed by atoms with E-state index >= 15 is 0 Å². The molecule has 2 rings (SSSR count). The van der Waals surface area contributed by atoms with E-state index in [0.29, 0.717) is 22.7 Å². The summed E-state index contributed by atoms with van der Waals surface area (Å²) in [5.41, 5.74) is 0.850. The molecule has 0 spiro atoms. The summed E-state index contributed by atoms with van der Waals surface area (Å²) in [5, 5.41) is 11.3. The molecule has 2 N–H and O–H groups in total. The van der Waals surface area contributed by atoms with E-state index in [0.717, 1.165) is 0 Å². The topological polar surface area (TPSA) is 102 Å². The Hall–Kier alpha value is -3.35. The van der Waals surface area contributed by atoms with Gasteiger partial charge < -0.3 is 19.9 Å². The zero-order valence-electron chi connectivity index (χ0n) is 13.5. The molecule has 0 fully saturated rings. The van der Waals surface area contributed by atoms with Gasteiger partial charge in [-0.3, -0.25) is 9.59 Å². The molecule has 0 unspecified atom stereocenters. The molecule has 7 heteroatoms. The zero-order chi connectivity index (χ0) is 18.2. The molecule has 0 aliphatic rings. The molecule has 2 aromatic rings. The van der Waals surface area contributed by atoms with Gasteiger partial charge in [-0.2, -0.15) is 0 Å². The summed E-state index contributed by atoms with van der Waals surface area (Å²) < 4.78 is 10.1. The predicted molar refractivity (Wildman–Crippen MR) is 89.9 cm³/mol. The minimum Gasteiger partial charge on any atom is -0.482 e. The van der Waals surface area contributed by atoms with E-state index in [1.165, 1.54) is 18.2 Å². The van der Waals surface area contributed by atoms with Crippen molar-refractivity contribution in [1.29, 1.82) is 0 Å². The fourth-order valence-corrected chi connectivity index (χ4v) is 1.89. The van der Waals surface area contributed by atoms with Gasteiger partial charge >= 0.3 is 11.9 Å². The van der Waals surface area contributed by atoms with Crippen molar-refractivity contribution < 1.29 is 29.0 Å². The number of hydrogen-bond acceptors (Lipinski definition) is 5. The Labute approximate surface area is 144 Å². The number of anilines is 1. The third kappa shape index (κ3) is 5.65. The quantitative estimate of drug-likeness (QED) is 0.592. The minimum atomic E-state index is -1.08. The second-order valence-corrected chi connectivity index (χ2v) is 5.02. The van der Waals surface area contributed by atoms with Crippen molar-refractivity contribution in [3.8, 4) is 11.5 Å². The number of nitrogens with one attached hydrogen (secondary N) is 1.